The van der Waals surface area contributed by atoms with Crippen LogP contribution >= 0.6 is 7.82 Å². The maximum atomic E-state index is 12.5. The average molecular weight is 718 g/mol. The number of ether oxygens (including phenoxy) is 2. The van der Waals surface area contributed by atoms with Crippen LogP contribution in [0.5, 0.6) is 0 Å². The lowest BCUT2D eigenvalue weighted by Gasteiger charge is -2.20. The van der Waals surface area contributed by atoms with E-state index >= 15 is 0 Å². The Kier molecular flexibility index (Phi) is 35.7. The fourth-order valence-corrected chi connectivity index (χ4v) is 5.10. The van der Waals surface area contributed by atoms with Gasteiger partial charge in [-0.05, 0) is 83.5 Å². The molecule has 0 aromatic carbocycles. The number of carbonyl (C=O) groups is 1. The molecule has 0 bridgehead atoms. The van der Waals surface area contributed by atoms with Crippen LogP contribution in [0.4, 0.5) is 0 Å². The molecule has 0 aromatic heterocycles. The molecule has 0 saturated carbocycles. The Bertz CT molecular complexity index is 1070. The molecule has 0 amide bonds. The molecule has 0 heterocycles. The van der Waals surface area contributed by atoms with Crippen LogP contribution in [0.25, 0.3) is 0 Å². The van der Waals surface area contributed by atoms with Crippen LogP contribution in [0, 0.1) is 0 Å². The quantitative estimate of drug-likeness (QED) is 0.0292. The SMILES string of the molecule is CC/C=C\C/C=C\C/C=C\C/C=C\C/C=C\CCCC(=O)OC(COCCCCCC/C=C\C/C=C\C/C=C\CC)COP(=O)(O)OCCN. The summed E-state index contributed by atoms with van der Waals surface area (Å²) in [5, 5.41) is 0. The molecule has 0 aromatic rings. The zero-order valence-corrected chi connectivity index (χ0v) is 32.0. The summed E-state index contributed by atoms with van der Waals surface area (Å²) in [6.07, 6.45) is 48.6. The van der Waals surface area contributed by atoms with E-state index in [1.54, 1.807) is 0 Å². The zero-order valence-electron chi connectivity index (χ0n) is 31.1. The lowest BCUT2D eigenvalue weighted by atomic mass is 10.1. The van der Waals surface area contributed by atoms with E-state index in [1.165, 1.54) is 0 Å². The summed E-state index contributed by atoms with van der Waals surface area (Å²) in [6, 6.07) is 0. The van der Waals surface area contributed by atoms with Crippen LogP contribution in [0.1, 0.15) is 117 Å². The number of nitrogens with two attached hydrogens (primary N) is 1. The smallest absolute Gasteiger partial charge is 0.457 e. The molecular weight excluding hydrogens is 649 g/mol. The predicted molar refractivity (Wildman–Crippen MR) is 210 cm³/mol. The average Bonchev–Trinajstić information content (AvgIpc) is 3.10. The lowest BCUT2D eigenvalue weighted by molar-refractivity contribution is -0.154. The van der Waals surface area contributed by atoms with Crippen LogP contribution in [0.2, 0.25) is 0 Å². The van der Waals surface area contributed by atoms with E-state index in [4.69, 9.17) is 24.3 Å². The minimum absolute atomic E-state index is 0.0713. The molecule has 0 aliphatic heterocycles. The molecule has 2 atom stereocenters. The van der Waals surface area contributed by atoms with Crippen LogP contribution < -0.4 is 5.73 Å². The van der Waals surface area contributed by atoms with Crippen molar-refractivity contribution in [2.45, 2.75) is 123 Å². The van der Waals surface area contributed by atoms with Gasteiger partial charge in [0.1, 0.15) is 6.10 Å². The Morgan fingerprint density at radius 3 is 1.56 bits per heavy atom. The van der Waals surface area contributed by atoms with Crippen molar-refractivity contribution in [1.29, 1.82) is 0 Å². The van der Waals surface area contributed by atoms with Gasteiger partial charge >= 0.3 is 13.8 Å². The third kappa shape index (κ3) is 36.7. The summed E-state index contributed by atoms with van der Waals surface area (Å²) in [7, 11) is -4.30. The number of hydrogen-bond acceptors (Lipinski definition) is 7. The lowest BCUT2D eigenvalue weighted by Crippen LogP contribution is -2.28. The zero-order chi connectivity index (χ0) is 36.6. The van der Waals surface area contributed by atoms with Gasteiger partial charge in [0.2, 0.25) is 0 Å². The number of hydrogen-bond donors (Lipinski definition) is 2. The van der Waals surface area contributed by atoms with Crippen molar-refractivity contribution in [2.24, 2.45) is 5.73 Å². The van der Waals surface area contributed by atoms with Gasteiger partial charge in [-0.15, -0.1) is 0 Å². The molecule has 0 rings (SSSR count). The Hall–Kier alpha value is -2.58. The molecular formula is C41H68NO7P. The standard InChI is InChI=1S/C41H68NO7P/c1-3-5-7-9-11-13-15-17-19-20-21-22-24-26-28-30-32-34-41(43)49-40(39-48-50(44,45)47-37-35-42)38-46-36-33-31-29-27-25-23-18-16-14-12-10-8-6-4-2/h5-8,11-14,17-19,21-23,26,28,40H,3-4,9-10,15-16,20,24-25,27,29-39,42H2,1-2H3,(H,44,45)/b7-5-,8-6-,13-11-,14-12-,19-17-,22-21-,23-18-,28-26-. The first-order chi connectivity index (χ1) is 24.4. The third-order valence-electron chi connectivity index (χ3n) is 7.00. The summed E-state index contributed by atoms with van der Waals surface area (Å²) in [5.74, 6) is -0.401. The Morgan fingerprint density at radius 1 is 0.600 bits per heavy atom. The number of unbranched alkanes of at least 4 members (excludes halogenated alkanes) is 5. The highest BCUT2D eigenvalue weighted by Gasteiger charge is 2.25. The number of rotatable bonds is 34. The highest BCUT2D eigenvalue weighted by atomic mass is 31.2. The number of esters is 1. The second kappa shape index (κ2) is 37.7. The van der Waals surface area contributed by atoms with Crippen LogP contribution in [-0.4, -0.2) is 49.9 Å². The van der Waals surface area contributed by atoms with E-state index in [-0.39, 0.29) is 32.8 Å². The second-order valence-electron chi connectivity index (χ2n) is 11.7. The first kappa shape index (κ1) is 47.4. The van der Waals surface area contributed by atoms with Gasteiger partial charge in [0.15, 0.2) is 0 Å². The van der Waals surface area contributed by atoms with E-state index in [1.807, 2.05) is 0 Å². The maximum absolute atomic E-state index is 12.5. The van der Waals surface area contributed by atoms with Crippen molar-refractivity contribution >= 4 is 13.8 Å². The van der Waals surface area contributed by atoms with Crippen molar-refractivity contribution in [3.63, 3.8) is 0 Å². The van der Waals surface area contributed by atoms with Gasteiger partial charge in [-0.1, -0.05) is 124 Å². The molecule has 3 N–H and O–H groups in total. The molecule has 50 heavy (non-hydrogen) atoms. The normalized spacial score (nSPS) is 14.7. The maximum Gasteiger partial charge on any atom is 0.472 e. The van der Waals surface area contributed by atoms with Gasteiger partial charge in [-0.25, -0.2) is 4.57 Å². The van der Waals surface area contributed by atoms with Gasteiger partial charge < -0.3 is 20.1 Å². The van der Waals surface area contributed by atoms with E-state index in [0.717, 1.165) is 89.9 Å². The van der Waals surface area contributed by atoms with Crippen molar-refractivity contribution in [3.05, 3.63) is 97.2 Å². The first-order valence-corrected chi connectivity index (χ1v) is 20.2. The molecule has 0 radical (unpaired) electrons. The van der Waals surface area contributed by atoms with Crippen molar-refractivity contribution < 1.29 is 32.8 Å². The summed E-state index contributed by atoms with van der Waals surface area (Å²) >= 11 is 0. The van der Waals surface area contributed by atoms with Crippen molar-refractivity contribution in [3.8, 4) is 0 Å². The van der Waals surface area contributed by atoms with Gasteiger partial charge in [0, 0.05) is 19.6 Å². The van der Waals surface area contributed by atoms with Crippen molar-refractivity contribution in [2.75, 3.05) is 33.0 Å². The molecule has 9 heteroatoms. The fraction of sp³-hybridized carbons (Fsp3) is 0.585. The molecule has 0 aliphatic rings. The number of carbonyl (C=O) groups excluding carboxylic acids is 1. The number of allylic oxidation sites excluding steroid dienone is 16. The summed E-state index contributed by atoms with van der Waals surface area (Å²) in [6.45, 7) is 4.51. The molecule has 0 saturated heterocycles. The van der Waals surface area contributed by atoms with Gasteiger partial charge in [-0.2, -0.15) is 0 Å². The Labute approximate surface area is 304 Å². The van der Waals surface area contributed by atoms with Gasteiger partial charge in [0.05, 0.1) is 19.8 Å². The first-order valence-electron chi connectivity index (χ1n) is 18.7. The number of phosphoric ester groups is 1. The highest BCUT2D eigenvalue weighted by molar-refractivity contribution is 7.47. The van der Waals surface area contributed by atoms with Crippen LogP contribution in [0.3, 0.4) is 0 Å². The largest absolute Gasteiger partial charge is 0.472 e. The fourth-order valence-electron chi connectivity index (χ4n) is 4.34. The molecule has 0 fully saturated rings. The number of phosphoric acid groups is 1. The van der Waals surface area contributed by atoms with Crippen LogP contribution in [0.15, 0.2) is 97.2 Å². The minimum Gasteiger partial charge on any atom is -0.457 e. The second-order valence-corrected chi connectivity index (χ2v) is 13.1. The molecule has 0 aliphatic carbocycles. The Morgan fingerprint density at radius 2 is 1.06 bits per heavy atom. The van der Waals surface area contributed by atoms with Gasteiger partial charge in [-0.3, -0.25) is 13.8 Å². The minimum atomic E-state index is -4.30. The molecule has 284 valence electrons. The van der Waals surface area contributed by atoms with Crippen molar-refractivity contribution in [1.82, 2.24) is 0 Å². The van der Waals surface area contributed by atoms with E-state index < -0.39 is 19.9 Å². The summed E-state index contributed by atoms with van der Waals surface area (Å²) < 4.78 is 33.2. The molecule has 2 unspecified atom stereocenters. The Balaban J connectivity index is 4.28. The third-order valence-corrected chi connectivity index (χ3v) is 7.98. The predicted octanol–water partition coefficient (Wildman–Crippen LogP) is 10.7. The highest BCUT2D eigenvalue weighted by Crippen LogP contribution is 2.43. The van der Waals surface area contributed by atoms with Crippen LogP contribution in [-0.2, 0) is 27.9 Å². The molecule has 0 spiro atoms. The monoisotopic (exact) mass is 717 g/mol. The summed E-state index contributed by atoms with van der Waals surface area (Å²) in [5.41, 5.74) is 5.34. The molecule has 8 nitrogen and oxygen atoms in total. The van der Waals surface area contributed by atoms with E-state index in [2.05, 4.69) is 111 Å². The topological polar surface area (TPSA) is 117 Å². The van der Waals surface area contributed by atoms with E-state index in [0.29, 0.717) is 13.0 Å². The van der Waals surface area contributed by atoms with E-state index in [9.17, 15) is 14.3 Å². The summed E-state index contributed by atoms with van der Waals surface area (Å²) in [4.78, 5) is 22.4. The van der Waals surface area contributed by atoms with Gasteiger partial charge in [0.25, 0.3) is 0 Å².